The summed E-state index contributed by atoms with van der Waals surface area (Å²) in [7, 11) is 1.51. The zero-order valence-corrected chi connectivity index (χ0v) is 9.15. The van der Waals surface area contributed by atoms with Gasteiger partial charge in [0.15, 0.2) is 0 Å². The third-order valence-electron chi connectivity index (χ3n) is 2.22. The van der Waals surface area contributed by atoms with Crippen molar-refractivity contribution in [1.82, 2.24) is 4.90 Å². The molecule has 1 rings (SSSR count). The fourth-order valence-corrected chi connectivity index (χ4v) is 3.29. The molecule has 1 aliphatic rings. The molecule has 1 amide bonds. The van der Waals surface area contributed by atoms with E-state index in [1.54, 1.807) is 11.8 Å². The van der Waals surface area contributed by atoms with E-state index in [0.717, 1.165) is 0 Å². The molecular weight excluding hydrogens is 214 g/mol. The van der Waals surface area contributed by atoms with Gasteiger partial charge in [-0.2, -0.15) is 0 Å². The molecule has 0 aliphatic carbocycles. The minimum atomic E-state index is -3.58. The Labute approximate surface area is 82.3 Å². The Balaban J connectivity index is 2.68. The van der Waals surface area contributed by atoms with Crippen LogP contribution < -0.4 is 0 Å². The number of nitrogens with zero attached hydrogens (tertiary/aromatic N) is 1. The summed E-state index contributed by atoms with van der Waals surface area (Å²) in [5.41, 5.74) is -0.795. The van der Waals surface area contributed by atoms with Crippen molar-refractivity contribution in [2.24, 2.45) is 5.41 Å². The predicted octanol–water partition coefficient (Wildman–Crippen LogP) is 0.423. The lowest BCUT2D eigenvalue weighted by atomic mass is 9.83. The van der Waals surface area contributed by atoms with Crippen LogP contribution >= 0.6 is 10.7 Å². The molecular formula is C7H12ClNO3S. The fraction of sp³-hybridized carbons (Fsp3) is 0.857. The third-order valence-corrected chi connectivity index (χ3v) is 3.53. The Morgan fingerprint density at radius 1 is 1.62 bits per heavy atom. The van der Waals surface area contributed by atoms with Gasteiger partial charge in [-0.1, -0.05) is 0 Å². The molecule has 0 N–H and O–H groups in total. The van der Waals surface area contributed by atoms with Crippen LogP contribution in [0.4, 0.5) is 0 Å². The van der Waals surface area contributed by atoms with Gasteiger partial charge in [0.25, 0.3) is 0 Å². The van der Waals surface area contributed by atoms with Gasteiger partial charge in [0.1, 0.15) is 0 Å². The summed E-state index contributed by atoms with van der Waals surface area (Å²) in [5.74, 6) is -0.393. The highest BCUT2D eigenvalue weighted by molar-refractivity contribution is 8.13. The Morgan fingerprint density at radius 3 is 2.46 bits per heavy atom. The Kier molecular flexibility index (Phi) is 2.60. The standard InChI is InChI=1S/C7H12ClNO3S/c1-3-9-4-7(2,6(9)10)5-13(8,11)12/h3-5H2,1-2H3. The van der Waals surface area contributed by atoms with E-state index in [0.29, 0.717) is 13.1 Å². The summed E-state index contributed by atoms with van der Waals surface area (Å²) in [5, 5.41) is 0. The van der Waals surface area contributed by atoms with E-state index >= 15 is 0 Å². The lowest BCUT2D eigenvalue weighted by Crippen LogP contribution is -2.62. The first-order valence-electron chi connectivity index (χ1n) is 4.00. The number of halogens is 1. The van der Waals surface area contributed by atoms with Crippen molar-refractivity contribution in [3.8, 4) is 0 Å². The molecule has 1 saturated heterocycles. The number of amides is 1. The number of likely N-dealkylation sites (tertiary alicyclic amines) is 1. The summed E-state index contributed by atoms with van der Waals surface area (Å²) in [6, 6.07) is 0. The van der Waals surface area contributed by atoms with Gasteiger partial charge in [0.05, 0.1) is 11.2 Å². The van der Waals surface area contributed by atoms with Gasteiger partial charge in [-0.3, -0.25) is 4.79 Å². The lowest BCUT2D eigenvalue weighted by Gasteiger charge is -2.45. The van der Waals surface area contributed by atoms with Crippen LogP contribution in [-0.4, -0.2) is 38.1 Å². The minimum absolute atomic E-state index is 0.126. The highest BCUT2D eigenvalue weighted by Crippen LogP contribution is 2.33. The van der Waals surface area contributed by atoms with E-state index in [2.05, 4.69) is 0 Å². The summed E-state index contributed by atoms with van der Waals surface area (Å²) in [6.07, 6.45) is 0. The monoisotopic (exact) mass is 225 g/mol. The summed E-state index contributed by atoms with van der Waals surface area (Å²) >= 11 is 0. The SMILES string of the molecule is CCN1CC(C)(CS(=O)(=O)Cl)C1=O. The van der Waals surface area contributed by atoms with Crippen molar-refractivity contribution in [2.75, 3.05) is 18.8 Å². The van der Waals surface area contributed by atoms with E-state index in [-0.39, 0.29) is 11.7 Å². The molecule has 0 aromatic heterocycles. The molecule has 0 radical (unpaired) electrons. The number of β-lactam (4-membered cyclic amide) rings is 1. The molecule has 6 heteroatoms. The Bertz CT molecular complexity index is 327. The van der Waals surface area contributed by atoms with E-state index in [1.807, 2.05) is 6.92 Å². The number of carbonyl (C=O) groups excluding carboxylic acids is 1. The highest BCUT2D eigenvalue weighted by atomic mass is 35.7. The average Bonchev–Trinajstić information content (AvgIpc) is 1.96. The largest absolute Gasteiger partial charge is 0.341 e. The van der Waals surface area contributed by atoms with Crippen molar-refractivity contribution in [3.05, 3.63) is 0 Å². The molecule has 4 nitrogen and oxygen atoms in total. The number of hydrogen-bond acceptors (Lipinski definition) is 3. The van der Waals surface area contributed by atoms with Crippen LogP contribution in [0, 0.1) is 5.41 Å². The van der Waals surface area contributed by atoms with Crippen molar-refractivity contribution >= 4 is 25.6 Å². The van der Waals surface area contributed by atoms with Gasteiger partial charge < -0.3 is 4.90 Å². The molecule has 0 bridgehead atoms. The Morgan fingerprint density at radius 2 is 2.15 bits per heavy atom. The van der Waals surface area contributed by atoms with Gasteiger partial charge >= 0.3 is 0 Å². The zero-order chi connectivity index (χ0) is 10.3. The van der Waals surface area contributed by atoms with Gasteiger partial charge in [-0.05, 0) is 13.8 Å². The van der Waals surface area contributed by atoms with Crippen molar-refractivity contribution in [3.63, 3.8) is 0 Å². The maximum absolute atomic E-state index is 11.4. The predicted molar refractivity (Wildman–Crippen MR) is 50.0 cm³/mol. The maximum atomic E-state index is 11.4. The van der Waals surface area contributed by atoms with Crippen molar-refractivity contribution in [2.45, 2.75) is 13.8 Å². The van der Waals surface area contributed by atoms with E-state index < -0.39 is 14.5 Å². The number of hydrogen-bond donors (Lipinski definition) is 0. The van der Waals surface area contributed by atoms with Gasteiger partial charge in [-0.15, -0.1) is 0 Å². The average molecular weight is 226 g/mol. The van der Waals surface area contributed by atoms with Gasteiger partial charge in [0.2, 0.25) is 15.0 Å². The molecule has 1 fully saturated rings. The quantitative estimate of drug-likeness (QED) is 0.517. The molecule has 1 unspecified atom stereocenters. The number of carbonyl (C=O) groups is 1. The smallest absolute Gasteiger partial charge is 0.233 e. The molecule has 0 spiro atoms. The van der Waals surface area contributed by atoms with Crippen LogP contribution in [-0.2, 0) is 13.8 Å². The van der Waals surface area contributed by atoms with Crippen LogP contribution in [0.25, 0.3) is 0 Å². The van der Waals surface area contributed by atoms with Gasteiger partial charge in [0, 0.05) is 23.8 Å². The first kappa shape index (κ1) is 10.8. The first-order valence-corrected chi connectivity index (χ1v) is 6.48. The second kappa shape index (κ2) is 3.13. The molecule has 1 heterocycles. The van der Waals surface area contributed by atoms with E-state index in [9.17, 15) is 13.2 Å². The van der Waals surface area contributed by atoms with Crippen LogP contribution in [0.5, 0.6) is 0 Å². The van der Waals surface area contributed by atoms with Crippen molar-refractivity contribution < 1.29 is 13.2 Å². The number of rotatable bonds is 3. The zero-order valence-electron chi connectivity index (χ0n) is 7.58. The second-order valence-corrected chi connectivity index (χ2v) is 6.34. The fourth-order valence-electron chi connectivity index (χ4n) is 1.59. The van der Waals surface area contributed by atoms with Crippen LogP contribution in [0.1, 0.15) is 13.8 Å². The molecule has 1 aliphatic heterocycles. The van der Waals surface area contributed by atoms with Crippen LogP contribution in [0.3, 0.4) is 0 Å². The summed E-state index contributed by atoms with van der Waals surface area (Å²) in [6.45, 7) is 4.58. The molecule has 1 atom stereocenters. The maximum Gasteiger partial charge on any atom is 0.233 e. The minimum Gasteiger partial charge on any atom is -0.341 e. The third kappa shape index (κ3) is 2.14. The molecule has 13 heavy (non-hydrogen) atoms. The van der Waals surface area contributed by atoms with Gasteiger partial charge in [-0.25, -0.2) is 8.42 Å². The first-order chi connectivity index (χ1) is 5.78. The van der Waals surface area contributed by atoms with Crippen LogP contribution in [0.15, 0.2) is 0 Å². The lowest BCUT2D eigenvalue weighted by molar-refractivity contribution is -0.155. The normalized spacial score (nSPS) is 28.8. The highest BCUT2D eigenvalue weighted by Gasteiger charge is 2.49. The topological polar surface area (TPSA) is 54.5 Å². The molecule has 0 aromatic carbocycles. The molecule has 76 valence electrons. The second-order valence-electron chi connectivity index (χ2n) is 3.56. The summed E-state index contributed by atoms with van der Waals surface area (Å²) in [4.78, 5) is 13.0. The van der Waals surface area contributed by atoms with Crippen molar-refractivity contribution in [1.29, 1.82) is 0 Å². The van der Waals surface area contributed by atoms with E-state index in [1.165, 1.54) is 0 Å². The van der Waals surface area contributed by atoms with E-state index in [4.69, 9.17) is 10.7 Å². The Hall–Kier alpha value is -0.290. The molecule has 0 aromatic rings. The van der Waals surface area contributed by atoms with Crippen LogP contribution in [0.2, 0.25) is 0 Å². The molecule has 0 saturated carbocycles. The summed E-state index contributed by atoms with van der Waals surface area (Å²) < 4.78 is 21.5.